The molecule has 1 aromatic heterocycles. The average Bonchev–Trinajstić information content (AvgIpc) is 2.78. The molecule has 1 saturated heterocycles. The Kier molecular flexibility index (Phi) is 3.69. The van der Waals surface area contributed by atoms with Crippen LogP contribution in [-0.4, -0.2) is 36.0 Å². The number of benzene rings is 1. The summed E-state index contributed by atoms with van der Waals surface area (Å²) in [6.07, 6.45) is 0. The van der Waals surface area contributed by atoms with Crippen molar-refractivity contribution in [2.75, 3.05) is 31.3 Å². The number of imidazole rings is 1. The van der Waals surface area contributed by atoms with E-state index in [-0.39, 0.29) is 5.38 Å². The lowest BCUT2D eigenvalue weighted by atomic mass is 10.3. The third-order valence-electron chi connectivity index (χ3n) is 3.24. The van der Waals surface area contributed by atoms with Gasteiger partial charge in [0, 0.05) is 4.47 Å². The number of hydrogen-bond donors (Lipinski definition) is 0. The zero-order valence-electron chi connectivity index (χ0n) is 10.6. The van der Waals surface area contributed by atoms with Crippen molar-refractivity contribution >= 4 is 38.6 Å². The van der Waals surface area contributed by atoms with Gasteiger partial charge in [-0.3, -0.25) is 0 Å². The molecule has 3 rings (SSSR count). The van der Waals surface area contributed by atoms with Crippen molar-refractivity contribution in [3.05, 3.63) is 28.5 Å². The van der Waals surface area contributed by atoms with Gasteiger partial charge in [0.1, 0.15) is 5.82 Å². The number of nitrogens with zero attached hydrogens (tertiary/aromatic N) is 3. The fourth-order valence-electron chi connectivity index (χ4n) is 2.36. The molecule has 1 fully saturated rings. The summed E-state index contributed by atoms with van der Waals surface area (Å²) in [6.45, 7) is 5.14. The van der Waals surface area contributed by atoms with Crippen molar-refractivity contribution in [3.63, 3.8) is 0 Å². The van der Waals surface area contributed by atoms with E-state index < -0.39 is 0 Å². The highest BCUT2D eigenvalue weighted by molar-refractivity contribution is 9.10. The van der Waals surface area contributed by atoms with Gasteiger partial charge in [-0.1, -0.05) is 15.9 Å². The highest BCUT2D eigenvalue weighted by atomic mass is 79.9. The van der Waals surface area contributed by atoms with E-state index in [4.69, 9.17) is 16.3 Å². The lowest BCUT2D eigenvalue weighted by Crippen LogP contribution is -2.44. The van der Waals surface area contributed by atoms with Crippen LogP contribution in [0.15, 0.2) is 22.7 Å². The Morgan fingerprint density at radius 2 is 2.11 bits per heavy atom. The SMILES string of the molecule is CC(Cl)c1nc2ccc(Br)cc2n1N1CCOCC1. The summed E-state index contributed by atoms with van der Waals surface area (Å²) in [5.74, 6) is 0.886. The predicted molar refractivity (Wildman–Crippen MR) is 80.5 cm³/mol. The lowest BCUT2D eigenvalue weighted by Gasteiger charge is -2.31. The van der Waals surface area contributed by atoms with Gasteiger partial charge in [-0.2, -0.15) is 0 Å². The van der Waals surface area contributed by atoms with Gasteiger partial charge in [-0.15, -0.1) is 11.6 Å². The summed E-state index contributed by atoms with van der Waals surface area (Å²) in [5.41, 5.74) is 2.05. The second kappa shape index (κ2) is 5.31. The molecular weight excluding hydrogens is 330 g/mol. The normalized spacial score (nSPS) is 17.9. The molecule has 0 N–H and O–H groups in total. The zero-order chi connectivity index (χ0) is 13.4. The maximum absolute atomic E-state index is 6.29. The van der Waals surface area contributed by atoms with Crippen LogP contribution in [0, 0.1) is 0 Å². The van der Waals surface area contributed by atoms with Gasteiger partial charge < -0.3 is 9.75 Å². The molecule has 1 aromatic carbocycles. The van der Waals surface area contributed by atoms with Crippen molar-refractivity contribution < 1.29 is 4.74 Å². The molecule has 19 heavy (non-hydrogen) atoms. The molecule has 0 saturated carbocycles. The van der Waals surface area contributed by atoms with E-state index in [0.29, 0.717) is 0 Å². The third-order valence-corrected chi connectivity index (χ3v) is 3.93. The maximum atomic E-state index is 6.29. The molecule has 0 amide bonds. The van der Waals surface area contributed by atoms with Gasteiger partial charge in [-0.05, 0) is 25.1 Å². The summed E-state index contributed by atoms with van der Waals surface area (Å²) in [5, 5.41) is 2.12. The number of fused-ring (bicyclic) bond motifs is 1. The third kappa shape index (κ3) is 2.47. The molecule has 0 bridgehead atoms. The largest absolute Gasteiger partial charge is 0.378 e. The summed E-state index contributed by atoms with van der Waals surface area (Å²) in [6, 6.07) is 6.10. The average molecular weight is 345 g/mol. The van der Waals surface area contributed by atoms with E-state index in [1.807, 2.05) is 19.1 Å². The van der Waals surface area contributed by atoms with Crippen LogP contribution in [0.25, 0.3) is 11.0 Å². The van der Waals surface area contributed by atoms with Crippen LogP contribution in [0.3, 0.4) is 0 Å². The molecule has 102 valence electrons. The van der Waals surface area contributed by atoms with Crippen molar-refractivity contribution in [2.24, 2.45) is 0 Å². The molecule has 1 unspecified atom stereocenters. The Hall–Kier alpha value is -0.780. The van der Waals surface area contributed by atoms with Crippen LogP contribution < -0.4 is 5.01 Å². The summed E-state index contributed by atoms with van der Waals surface area (Å²) in [7, 11) is 0. The van der Waals surface area contributed by atoms with E-state index in [1.54, 1.807) is 0 Å². The highest BCUT2D eigenvalue weighted by Crippen LogP contribution is 2.27. The smallest absolute Gasteiger partial charge is 0.146 e. The van der Waals surface area contributed by atoms with Crippen LogP contribution in [0.2, 0.25) is 0 Å². The van der Waals surface area contributed by atoms with Crippen LogP contribution >= 0.6 is 27.5 Å². The monoisotopic (exact) mass is 343 g/mol. The number of morpholine rings is 1. The van der Waals surface area contributed by atoms with Crippen LogP contribution in [-0.2, 0) is 4.74 Å². The molecule has 0 spiro atoms. The number of rotatable bonds is 2. The Bertz CT molecular complexity index is 593. The molecule has 1 aliphatic heterocycles. The first-order valence-corrected chi connectivity index (χ1v) is 7.54. The van der Waals surface area contributed by atoms with Crippen LogP contribution in [0.5, 0.6) is 0 Å². The Morgan fingerprint density at radius 1 is 1.37 bits per heavy atom. The molecule has 1 aliphatic rings. The first-order chi connectivity index (χ1) is 9.16. The van der Waals surface area contributed by atoms with Gasteiger partial charge in [-0.25, -0.2) is 9.66 Å². The van der Waals surface area contributed by atoms with Gasteiger partial charge in [0.15, 0.2) is 0 Å². The zero-order valence-corrected chi connectivity index (χ0v) is 13.0. The van der Waals surface area contributed by atoms with Crippen molar-refractivity contribution in [1.82, 2.24) is 9.66 Å². The van der Waals surface area contributed by atoms with Crippen molar-refractivity contribution in [3.8, 4) is 0 Å². The summed E-state index contributed by atoms with van der Waals surface area (Å²) < 4.78 is 8.60. The number of ether oxygens (including phenoxy) is 1. The molecule has 6 heteroatoms. The molecule has 0 radical (unpaired) electrons. The van der Waals surface area contributed by atoms with E-state index in [9.17, 15) is 0 Å². The molecule has 1 atom stereocenters. The molecule has 4 nitrogen and oxygen atoms in total. The van der Waals surface area contributed by atoms with Gasteiger partial charge >= 0.3 is 0 Å². The standard InChI is InChI=1S/C13H15BrClN3O/c1-9(15)13-16-11-3-2-10(14)8-12(11)18(13)17-4-6-19-7-5-17/h2-3,8-9H,4-7H2,1H3. The Morgan fingerprint density at radius 3 is 2.79 bits per heavy atom. The van der Waals surface area contributed by atoms with Gasteiger partial charge in [0.25, 0.3) is 0 Å². The maximum Gasteiger partial charge on any atom is 0.146 e. The molecule has 0 aliphatic carbocycles. The lowest BCUT2D eigenvalue weighted by molar-refractivity contribution is 0.111. The van der Waals surface area contributed by atoms with E-state index in [2.05, 4.69) is 36.7 Å². The first kappa shape index (κ1) is 13.2. The predicted octanol–water partition coefficient (Wildman–Crippen LogP) is 3.07. The number of hydrogen-bond acceptors (Lipinski definition) is 3. The van der Waals surface area contributed by atoms with E-state index >= 15 is 0 Å². The minimum atomic E-state index is -0.131. The van der Waals surface area contributed by atoms with Crippen molar-refractivity contribution in [2.45, 2.75) is 12.3 Å². The van der Waals surface area contributed by atoms with E-state index in [1.165, 1.54) is 0 Å². The minimum absolute atomic E-state index is 0.131. The van der Waals surface area contributed by atoms with Crippen LogP contribution in [0.4, 0.5) is 0 Å². The Balaban J connectivity index is 2.17. The second-order valence-corrected chi connectivity index (χ2v) is 6.17. The molecular formula is C13H15BrClN3O. The number of alkyl halides is 1. The number of aromatic nitrogens is 2. The second-order valence-electron chi connectivity index (χ2n) is 4.60. The van der Waals surface area contributed by atoms with Crippen molar-refractivity contribution in [1.29, 1.82) is 0 Å². The highest BCUT2D eigenvalue weighted by Gasteiger charge is 2.21. The fourth-order valence-corrected chi connectivity index (χ4v) is 2.85. The Labute approximate surface area is 125 Å². The minimum Gasteiger partial charge on any atom is -0.378 e. The molecule has 2 aromatic rings. The number of halogens is 2. The molecule has 2 heterocycles. The van der Waals surface area contributed by atoms with E-state index in [0.717, 1.165) is 47.6 Å². The summed E-state index contributed by atoms with van der Waals surface area (Å²) >= 11 is 9.81. The first-order valence-electron chi connectivity index (χ1n) is 6.32. The summed E-state index contributed by atoms with van der Waals surface area (Å²) in [4.78, 5) is 4.66. The quantitative estimate of drug-likeness (QED) is 0.784. The fraction of sp³-hybridized carbons (Fsp3) is 0.462. The van der Waals surface area contributed by atoms with Gasteiger partial charge in [0.05, 0.1) is 42.7 Å². The topological polar surface area (TPSA) is 30.3 Å². The van der Waals surface area contributed by atoms with Crippen LogP contribution in [0.1, 0.15) is 18.1 Å². The van der Waals surface area contributed by atoms with Gasteiger partial charge in [0.2, 0.25) is 0 Å².